The summed E-state index contributed by atoms with van der Waals surface area (Å²) in [6, 6.07) is 6.20. The molecule has 2 heterocycles. The van der Waals surface area contributed by atoms with Crippen molar-refractivity contribution in [1.29, 1.82) is 0 Å². The first-order valence-corrected chi connectivity index (χ1v) is 7.97. The predicted molar refractivity (Wildman–Crippen MR) is 86.0 cm³/mol. The van der Waals surface area contributed by atoms with E-state index in [0.29, 0.717) is 5.69 Å². The average Bonchev–Trinajstić information content (AvgIpc) is 3.09. The molecule has 1 aromatic carbocycles. The van der Waals surface area contributed by atoms with Gasteiger partial charge in [-0.2, -0.15) is 13.2 Å². The lowest BCUT2D eigenvalue weighted by atomic mass is 9.97. The van der Waals surface area contributed by atoms with Gasteiger partial charge >= 0.3 is 6.18 Å². The van der Waals surface area contributed by atoms with Gasteiger partial charge in [0.2, 0.25) is 0 Å². The van der Waals surface area contributed by atoms with Crippen molar-refractivity contribution in [2.45, 2.75) is 31.7 Å². The van der Waals surface area contributed by atoms with Crippen LogP contribution in [0.2, 0.25) is 0 Å². The third-order valence-corrected chi connectivity index (χ3v) is 4.64. The molecule has 1 amide bonds. The normalized spacial score (nSPS) is 21.0. The van der Waals surface area contributed by atoms with Crippen LogP contribution in [-0.2, 0) is 13.2 Å². The fraction of sp³-hybridized carbons (Fsp3) is 0.389. The Morgan fingerprint density at radius 1 is 1.24 bits per heavy atom. The molecule has 3 rings (SSSR count). The predicted octanol–water partition coefficient (Wildman–Crippen LogP) is 3.30. The number of aliphatic hydroxyl groups is 1. The number of carbonyl (C=O) groups excluding carboxylic acids is 1. The summed E-state index contributed by atoms with van der Waals surface area (Å²) >= 11 is 0. The number of aromatic nitrogens is 1. The standard InChI is InChI=1S/C18H19F3N2O2/c1-11-7-8-22(2)16(11)17(25)23-10-12(24)9-15(23)13-5-3-4-6-14(13)18(19,20)21/h3-8,12,15,24H,9-10H2,1-2H3. The van der Waals surface area contributed by atoms with Gasteiger partial charge in [0.1, 0.15) is 5.69 Å². The van der Waals surface area contributed by atoms with Gasteiger partial charge in [0.15, 0.2) is 0 Å². The van der Waals surface area contributed by atoms with Crippen molar-refractivity contribution >= 4 is 5.91 Å². The SMILES string of the molecule is Cc1ccn(C)c1C(=O)N1CC(O)CC1c1ccccc1C(F)(F)F. The van der Waals surface area contributed by atoms with Gasteiger partial charge in [0, 0.05) is 19.8 Å². The molecule has 1 aliphatic heterocycles. The number of benzene rings is 1. The van der Waals surface area contributed by atoms with E-state index in [0.717, 1.165) is 11.6 Å². The van der Waals surface area contributed by atoms with E-state index in [1.54, 1.807) is 30.8 Å². The zero-order valence-electron chi connectivity index (χ0n) is 13.9. The number of alkyl halides is 3. The van der Waals surface area contributed by atoms with E-state index < -0.39 is 23.9 Å². The topological polar surface area (TPSA) is 45.5 Å². The van der Waals surface area contributed by atoms with Crippen LogP contribution in [0.4, 0.5) is 13.2 Å². The lowest BCUT2D eigenvalue weighted by Gasteiger charge is -2.27. The van der Waals surface area contributed by atoms with E-state index >= 15 is 0 Å². The molecular weight excluding hydrogens is 333 g/mol. The van der Waals surface area contributed by atoms with Gasteiger partial charge in [-0.15, -0.1) is 0 Å². The average molecular weight is 352 g/mol. The van der Waals surface area contributed by atoms with Crippen molar-refractivity contribution in [3.05, 3.63) is 58.9 Å². The smallest absolute Gasteiger partial charge is 0.391 e. The van der Waals surface area contributed by atoms with Crippen LogP contribution in [0.3, 0.4) is 0 Å². The lowest BCUT2D eigenvalue weighted by Crippen LogP contribution is -2.34. The highest BCUT2D eigenvalue weighted by atomic mass is 19.4. The highest BCUT2D eigenvalue weighted by Gasteiger charge is 2.42. The fourth-order valence-corrected chi connectivity index (χ4v) is 3.49. The van der Waals surface area contributed by atoms with E-state index in [-0.39, 0.29) is 24.4 Å². The molecule has 0 radical (unpaired) electrons. The van der Waals surface area contributed by atoms with Gasteiger partial charge < -0.3 is 14.6 Å². The van der Waals surface area contributed by atoms with Crippen LogP contribution in [-0.4, -0.2) is 33.1 Å². The summed E-state index contributed by atoms with van der Waals surface area (Å²) < 4.78 is 41.7. The van der Waals surface area contributed by atoms with Crippen molar-refractivity contribution in [1.82, 2.24) is 9.47 Å². The largest absolute Gasteiger partial charge is 0.416 e. The monoisotopic (exact) mass is 352 g/mol. The maximum Gasteiger partial charge on any atom is 0.416 e. The van der Waals surface area contributed by atoms with Gasteiger partial charge in [-0.05, 0) is 36.6 Å². The van der Waals surface area contributed by atoms with E-state index in [9.17, 15) is 23.1 Å². The first-order chi connectivity index (χ1) is 11.7. The number of carbonyl (C=O) groups is 1. The van der Waals surface area contributed by atoms with Crippen molar-refractivity contribution in [2.75, 3.05) is 6.54 Å². The molecule has 0 spiro atoms. The van der Waals surface area contributed by atoms with Crippen LogP contribution in [0.1, 0.15) is 39.6 Å². The molecule has 1 saturated heterocycles. The second-order valence-corrected chi connectivity index (χ2v) is 6.41. The molecule has 0 bridgehead atoms. The number of halogens is 3. The fourth-order valence-electron chi connectivity index (χ4n) is 3.49. The second kappa shape index (κ2) is 6.22. The molecule has 1 fully saturated rings. The number of aliphatic hydroxyl groups excluding tert-OH is 1. The molecule has 134 valence electrons. The van der Waals surface area contributed by atoms with Crippen LogP contribution >= 0.6 is 0 Å². The molecule has 1 aromatic heterocycles. The molecule has 0 aliphatic carbocycles. The number of hydrogen-bond donors (Lipinski definition) is 1. The number of nitrogens with zero attached hydrogens (tertiary/aromatic N) is 2. The number of rotatable bonds is 2. The summed E-state index contributed by atoms with van der Waals surface area (Å²) in [6.45, 7) is 1.79. The van der Waals surface area contributed by atoms with Crippen LogP contribution in [0, 0.1) is 6.92 Å². The Morgan fingerprint density at radius 3 is 2.52 bits per heavy atom. The van der Waals surface area contributed by atoms with Gasteiger partial charge in [-0.3, -0.25) is 4.79 Å². The quantitative estimate of drug-likeness (QED) is 0.901. The molecule has 1 N–H and O–H groups in total. The number of hydrogen-bond acceptors (Lipinski definition) is 2. The Balaban J connectivity index is 2.03. The molecule has 2 aromatic rings. The molecule has 25 heavy (non-hydrogen) atoms. The number of amides is 1. The van der Waals surface area contributed by atoms with Crippen LogP contribution in [0.15, 0.2) is 36.5 Å². The first kappa shape index (κ1) is 17.5. The zero-order chi connectivity index (χ0) is 18.4. The molecule has 2 unspecified atom stereocenters. The first-order valence-electron chi connectivity index (χ1n) is 7.97. The maximum absolute atomic E-state index is 13.4. The van der Waals surface area contributed by atoms with Gasteiger partial charge in [0.05, 0.1) is 17.7 Å². The van der Waals surface area contributed by atoms with Crippen molar-refractivity contribution < 1.29 is 23.1 Å². The Hall–Kier alpha value is -2.28. The van der Waals surface area contributed by atoms with Gasteiger partial charge in [-0.25, -0.2) is 0 Å². The van der Waals surface area contributed by atoms with Crippen molar-refractivity contribution in [2.24, 2.45) is 7.05 Å². The second-order valence-electron chi connectivity index (χ2n) is 6.41. The summed E-state index contributed by atoms with van der Waals surface area (Å²) in [7, 11) is 1.71. The molecular formula is C18H19F3N2O2. The summed E-state index contributed by atoms with van der Waals surface area (Å²) in [6.07, 6.45) is -3.55. The molecule has 7 heteroatoms. The number of β-amino-alcohol motifs (C(OH)–C–C–N with tert-alkyl or cyclic N) is 1. The van der Waals surface area contributed by atoms with E-state index in [2.05, 4.69) is 0 Å². The molecule has 0 saturated carbocycles. The minimum atomic E-state index is -4.51. The third kappa shape index (κ3) is 3.16. The highest BCUT2D eigenvalue weighted by molar-refractivity contribution is 5.94. The molecule has 2 atom stereocenters. The van der Waals surface area contributed by atoms with E-state index in [4.69, 9.17) is 0 Å². The van der Waals surface area contributed by atoms with Crippen molar-refractivity contribution in [3.8, 4) is 0 Å². The Morgan fingerprint density at radius 2 is 1.92 bits per heavy atom. The van der Waals surface area contributed by atoms with E-state index in [1.807, 2.05) is 0 Å². The van der Waals surface area contributed by atoms with Crippen LogP contribution < -0.4 is 0 Å². The van der Waals surface area contributed by atoms with E-state index in [1.165, 1.54) is 23.1 Å². The van der Waals surface area contributed by atoms with Crippen molar-refractivity contribution in [3.63, 3.8) is 0 Å². The summed E-state index contributed by atoms with van der Waals surface area (Å²) in [5.41, 5.74) is 0.419. The third-order valence-electron chi connectivity index (χ3n) is 4.64. The van der Waals surface area contributed by atoms with Gasteiger partial charge in [-0.1, -0.05) is 18.2 Å². The molecule has 4 nitrogen and oxygen atoms in total. The Labute approximate surface area is 143 Å². The Bertz CT molecular complexity index is 778. The molecule has 1 aliphatic rings. The van der Waals surface area contributed by atoms with Crippen LogP contribution in [0.5, 0.6) is 0 Å². The highest BCUT2D eigenvalue weighted by Crippen LogP contribution is 2.41. The lowest BCUT2D eigenvalue weighted by molar-refractivity contribution is -0.138. The van der Waals surface area contributed by atoms with Gasteiger partial charge in [0.25, 0.3) is 5.91 Å². The summed E-state index contributed by atoms with van der Waals surface area (Å²) in [5.74, 6) is -0.372. The minimum absolute atomic E-state index is 0.0142. The Kier molecular flexibility index (Phi) is 4.36. The van der Waals surface area contributed by atoms with Crippen LogP contribution in [0.25, 0.3) is 0 Å². The summed E-state index contributed by atoms with van der Waals surface area (Å²) in [4.78, 5) is 14.3. The maximum atomic E-state index is 13.4. The number of aryl methyl sites for hydroxylation is 2. The summed E-state index contributed by atoms with van der Waals surface area (Å²) in [5, 5.41) is 10.0. The minimum Gasteiger partial charge on any atom is -0.391 e. The zero-order valence-corrected chi connectivity index (χ0v) is 13.9. The number of likely N-dealkylation sites (tertiary alicyclic amines) is 1.